The van der Waals surface area contributed by atoms with E-state index in [0.717, 1.165) is 18.0 Å². The van der Waals surface area contributed by atoms with Crippen LogP contribution in [0.4, 0.5) is 5.69 Å². The Hall–Kier alpha value is -3.14. The van der Waals surface area contributed by atoms with E-state index in [-0.39, 0.29) is 23.2 Å². The van der Waals surface area contributed by atoms with Gasteiger partial charge in [0, 0.05) is 38.8 Å². The number of aryl methyl sites for hydroxylation is 1. The molecule has 2 aromatic heterocycles. The molecule has 1 unspecified atom stereocenters. The van der Waals surface area contributed by atoms with Crippen molar-refractivity contribution >= 4 is 11.6 Å². The second kappa shape index (κ2) is 8.70. The van der Waals surface area contributed by atoms with Gasteiger partial charge in [-0.2, -0.15) is 5.10 Å². The van der Waals surface area contributed by atoms with Crippen LogP contribution in [0.3, 0.4) is 0 Å². The molecule has 10 nitrogen and oxygen atoms in total. The number of hydrogen-bond donors (Lipinski definition) is 1. The molecule has 1 aliphatic heterocycles. The highest BCUT2D eigenvalue weighted by Crippen LogP contribution is 2.16. The number of aromatic nitrogens is 2. The fourth-order valence-electron chi connectivity index (χ4n) is 2.86. The molecule has 3 heterocycles. The lowest BCUT2D eigenvalue weighted by Gasteiger charge is -2.34. The summed E-state index contributed by atoms with van der Waals surface area (Å²) in [5, 5.41) is 6.74. The maximum atomic E-state index is 12.1. The lowest BCUT2D eigenvalue weighted by Crippen LogP contribution is -2.44. The number of hydrogen-bond acceptors (Lipinski definition) is 8. The number of amides is 1. The number of methoxy groups -OCH3 is 1. The molecule has 3 rings (SSSR count). The van der Waals surface area contributed by atoms with Crippen molar-refractivity contribution in [3.8, 4) is 5.75 Å². The third kappa shape index (κ3) is 4.58. The lowest BCUT2D eigenvalue weighted by atomic mass is 10.2. The quantitative estimate of drug-likeness (QED) is 0.719. The fourth-order valence-corrected chi connectivity index (χ4v) is 2.86. The number of nitrogens with zero attached hydrogens (tertiary/aromatic N) is 3. The van der Waals surface area contributed by atoms with E-state index < -0.39 is 11.3 Å². The highest BCUT2D eigenvalue weighted by molar-refractivity contribution is 5.91. The molecule has 150 valence electrons. The van der Waals surface area contributed by atoms with Gasteiger partial charge in [0.25, 0.3) is 11.5 Å². The highest BCUT2D eigenvalue weighted by Gasteiger charge is 2.22. The monoisotopic (exact) mass is 390 g/mol. The topological polar surface area (TPSA) is 116 Å². The second-order valence-corrected chi connectivity index (χ2v) is 6.34. The summed E-state index contributed by atoms with van der Waals surface area (Å²) in [6, 6.07) is 2.64. The van der Waals surface area contributed by atoms with E-state index in [9.17, 15) is 14.4 Å². The van der Waals surface area contributed by atoms with Crippen LogP contribution >= 0.6 is 0 Å². The van der Waals surface area contributed by atoms with Gasteiger partial charge in [0.05, 0.1) is 31.7 Å². The van der Waals surface area contributed by atoms with Crippen LogP contribution in [0.1, 0.15) is 17.0 Å². The van der Waals surface area contributed by atoms with Crippen LogP contribution in [0.2, 0.25) is 0 Å². The molecule has 1 atom stereocenters. The van der Waals surface area contributed by atoms with E-state index >= 15 is 0 Å². The van der Waals surface area contributed by atoms with Crippen molar-refractivity contribution in [1.82, 2.24) is 15.1 Å². The van der Waals surface area contributed by atoms with Crippen molar-refractivity contribution in [3.05, 3.63) is 50.9 Å². The summed E-state index contributed by atoms with van der Waals surface area (Å²) in [6.07, 6.45) is 3.22. The Kier molecular flexibility index (Phi) is 6.09. The Labute approximate surface area is 160 Å². The third-order valence-corrected chi connectivity index (χ3v) is 4.45. The molecule has 0 radical (unpaired) electrons. The minimum Gasteiger partial charge on any atom is -0.490 e. The van der Waals surface area contributed by atoms with Gasteiger partial charge >= 0.3 is 0 Å². The SMILES string of the molecule is COc1coc(C(=O)NCCC2CN(c3cnn(C)c(=O)c3)CCO2)cc1=O. The van der Waals surface area contributed by atoms with Gasteiger partial charge in [-0.05, 0) is 6.42 Å². The number of carbonyl (C=O) groups excluding carboxylic acids is 1. The van der Waals surface area contributed by atoms with Crippen molar-refractivity contribution in [2.45, 2.75) is 12.5 Å². The van der Waals surface area contributed by atoms with Gasteiger partial charge in [0.15, 0.2) is 5.76 Å². The largest absolute Gasteiger partial charge is 0.490 e. The molecule has 1 N–H and O–H groups in total. The van der Waals surface area contributed by atoms with E-state index in [0.29, 0.717) is 32.7 Å². The molecule has 1 aliphatic rings. The molecule has 0 saturated carbocycles. The van der Waals surface area contributed by atoms with Crippen molar-refractivity contribution in [2.75, 3.05) is 38.3 Å². The Morgan fingerprint density at radius 3 is 2.93 bits per heavy atom. The van der Waals surface area contributed by atoms with Gasteiger partial charge in [-0.15, -0.1) is 0 Å². The molecule has 0 spiro atoms. The molecule has 1 amide bonds. The molecule has 10 heteroatoms. The summed E-state index contributed by atoms with van der Waals surface area (Å²) in [4.78, 5) is 37.6. The number of anilines is 1. The zero-order chi connectivity index (χ0) is 20.1. The van der Waals surface area contributed by atoms with Gasteiger partial charge in [-0.3, -0.25) is 14.4 Å². The second-order valence-electron chi connectivity index (χ2n) is 6.34. The average Bonchev–Trinajstić information content (AvgIpc) is 2.70. The predicted octanol–water partition coefficient (Wildman–Crippen LogP) is -0.233. The van der Waals surface area contributed by atoms with Gasteiger partial charge in [-0.25, -0.2) is 4.68 Å². The number of carbonyl (C=O) groups is 1. The summed E-state index contributed by atoms with van der Waals surface area (Å²) < 4.78 is 16.9. The van der Waals surface area contributed by atoms with Crippen molar-refractivity contribution < 1.29 is 18.7 Å². The number of ether oxygens (including phenoxy) is 2. The summed E-state index contributed by atoms with van der Waals surface area (Å²) >= 11 is 0. The van der Waals surface area contributed by atoms with E-state index in [1.807, 2.05) is 4.90 Å². The van der Waals surface area contributed by atoms with Crippen LogP contribution in [0, 0.1) is 0 Å². The smallest absolute Gasteiger partial charge is 0.287 e. The first-order chi connectivity index (χ1) is 13.5. The standard InChI is InChI=1S/C18H22N4O6/c1-21-17(24)7-12(9-20-21)22-5-6-27-13(10-22)3-4-19-18(25)15-8-14(23)16(26-2)11-28-15/h7-9,11,13H,3-6,10H2,1-2H3,(H,19,25). The lowest BCUT2D eigenvalue weighted by molar-refractivity contribution is 0.0352. The van der Waals surface area contributed by atoms with Gasteiger partial charge in [0.2, 0.25) is 11.2 Å². The van der Waals surface area contributed by atoms with Crippen molar-refractivity contribution in [3.63, 3.8) is 0 Å². The molecule has 2 aromatic rings. The Bertz CT molecular complexity index is 954. The minimum atomic E-state index is -0.483. The summed E-state index contributed by atoms with van der Waals surface area (Å²) in [5.74, 6) is -0.524. The summed E-state index contributed by atoms with van der Waals surface area (Å²) in [7, 11) is 2.95. The zero-order valence-corrected chi connectivity index (χ0v) is 15.7. The number of morpholine rings is 1. The zero-order valence-electron chi connectivity index (χ0n) is 15.7. The van der Waals surface area contributed by atoms with Crippen LogP contribution in [0.15, 0.2) is 38.6 Å². The molecule has 28 heavy (non-hydrogen) atoms. The predicted molar refractivity (Wildman–Crippen MR) is 99.9 cm³/mol. The summed E-state index contributed by atoms with van der Waals surface area (Å²) in [5.41, 5.74) is 0.155. The first kappa shape index (κ1) is 19.6. The Morgan fingerprint density at radius 1 is 1.39 bits per heavy atom. The average molecular weight is 390 g/mol. The van der Waals surface area contributed by atoms with Crippen LogP contribution in [-0.2, 0) is 11.8 Å². The number of nitrogens with one attached hydrogen (secondary N) is 1. The van der Waals surface area contributed by atoms with E-state index in [2.05, 4.69) is 10.4 Å². The van der Waals surface area contributed by atoms with Gasteiger partial charge < -0.3 is 24.1 Å². The van der Waals surface area contributed by atoms with Crippen LogP contribution in [0.25, 0.3) is 0 Å². The molecule has 0 aromatic carbocycles. The van der Waals surface area contributed by atoms with E-state index in [1.165, 1.54) is 11.8 Å². The number of rotatable bonds is 6. The van der Waals surface area contributed by atoms with Crippen LogP contribution in [-0.4, -0.2) is 55.1 Å². The Balaban J connectivity index is 1.52. The maximum absolute atomic E-state index is 12.1. The molecular weight excluding hydrogens is 368 g/mol. The van der Waals surface area contributed by atoms with Gasteiger partial charge in [0.1, 0.15) is 6.26 Å². The third-order valence-electron chi connectivity index (χ3n) is 4.45. The first-order valence-corrected chi connectivity index (χ1v) is 8.83. The van der Waals surface area contributed by atoms with Crippen molar-refractivity contribution in [1.29, 1.82) is 0 Å². The minimum absolute atomic E-state index is 0.0393. The highest BCUT2D eigenvalue weighted by atomic mass is 16.5. The van der Waals surface area contributed by atoms with E-state index in [1.54, 1.807) is 19.3 Å². The van der Waals surface area contributed by atoms with Crippen LogP contribution < -0.4 is 25.9 Å². The molecule has 1 saturated heterocycles. The molecule has 0 bridgehead atoms. The molecule has 1 fully saturated rings. The van der Waals surface area contributed by atoms with E-state index in [4.69, 9.17) is 13.9 Å². The maximum Gasteiger partial charge on any atom is 0.287 e. The van der Waals surface area contributed by atoms with Crippen molar-refractivity contribution in [2.24, 2.45) is 7.05 Å². The summed E-state index contributed by atoms with van der Waals surface area (Å²) in [6.45, 7) is 2.11. The van der Waals surface area contributed by atoms with Crippen LogP contribution in [0.5, 0.6) is 5.75 Å². The normalized spacial score (nSPS) is 16.6. The van der Waals surface area contributed by atoms with Gasteiger partial charge in [-0.1, -0.05) is 0 Å². The molecular formula is C18H22N4O6. The Morgan fingerprint density at radius 2 is 2.21 bits per heavy atom. The molecule has 0 aliphatic carbocycles. The fraction of sp³-hybridized carbons (Fsp3) is 0.444. The first-order valence-electron chi connectivity index (χ1n) is 8.83.